The van der Waals surface area contributed by atoms with Crippen LogP contribution in [0.1, 0.15) is 17.7 Å². The van der Waals surface area contributed by atoms with Gasteiger partial charge in [0, 0.05) is 36.8 Å². The Balaban J connectivity index is 1.83. The Morgan fingerprint density at radius 2 is 2.17 bits per heavy atom. The molecule has 0 saturated carbocycles. The van der Waals surface area contributed by atoms with Crippen LogP contribution in [0.2, 0.25) is 0 Å². The third-order valence-corrected chi connectivity index (χ3v) is 4.22. The molecular weight excluding hydrogens is 314 g/mol. The second-order valence-corrected chi connectivity index (χ2v) is 6.07. The van der Waals surface area contributed by atoms with E-state index in [9.17, 15) is 9.59 Å². The zero-order chi connectivity index (χ0) is 16.7. The van der Waals surface area contributed by atoms with Gasteiger partial charge in [0.1, 0.15) is 0 Å². The van der Waals surface area contributed by atoms with E-state index in [0.717, 1.165) is 16.9 Å². The van der Waals surface area contributed by atoms with Crippen molar-refractivity contribution in [3.63, 3.8) is 0 Å². The third-order valence-electron chi connectivity index (χ3n) is 3.24. The number of carbonyl (C=O) groups is 2. The average molecular weight is 333 g/mol. The summed E-state index contributed by atoms with van der Waals surface area (Å²) < 4.78 is 1.76. The predicted octanol–water partition coefficient (Wildman–Crippen LogP) is 2.31. The van der Waals surface area contributed by atoms with E-state index in [2.05, 4.69) is 10.4 Å². The van der Waals surface area contributed by atoms with Crippen molar-refractivity contribution >= 4 is 29.3 Å². The maximum absolute atomic E-state index is 12.0. The Morgan fingerprint density at radius 3 is 2.87 bits per heavy atom. The molecule has 1 aromatic heterocycles. The number of rotatable bonds is 8. The number of thioether (sulfide) groups is 1. The van der Waals surface area contributed by atoms with Gasteiger partial charge in [-0.25, -0.2) is 0 Å². The number of aryl methyl sites for hydroxylation is 2. The van der Waals surface area contributed by atoms with Gasteiger partial charge in [0.05, 0.1) is 5.75 Å². The molecule has 7 heteroatoms. The molecule has 0 radical (unpaired) electrons. The Morgan fingerprint density at radius 1 is 1.35 bits per heavy atom. The van der Waals surface area contributed by atoms with Crippen molar-refractivity contribution in [1.82, 2.24) is 9.78 Å². The van der Waals surface area contributed by atoms with E-state index in [0.29, 0.717) is 18.6 Å². The van der Waals surface area contributed by atoms with Gasteiger partial charge in [-0.2, -0.15) is 5.10 Å². The molecule has 0 atom stereocenters. The van der Waals surface area contributed by atoms with Crippen molar-refractivity contribution < 1.29 is 14.7 Å². The lowest BCUT2D eigenvalue weighted by atomic mass is 10.2. The molecule has 1 heterocycles. The van der Waals surface area contributed by atoms with Gasteiger partial charge in [-0.1, -0.05) is 12.1 Å². The fraction of sp³-hybridized carbons (Fsp3) is 0.312. The van der Waals surface area contributed by atoms with Gasteiger partial charge in [0.25, 0.3) is 0 Å². The lowest BCUT2D eigenvalue weighted by molar-refractivity contribution is -0.133. The quantitative estimate of drug-likeness (QED) is 0.774. The van der Waals surface area contributed by atoms with Gasteiger partial charge in [0.15, 0.2) is 0 Å². The van der Waals surface area contributed by atoms with Crippen LogP contribution in [0.3, 0.4) is 0 Å². The number of anilines is 1. The van der Waals surface area contributed by atoms with Crippen molar-refractivity contribution in [2.45, 2.75) is 18.6 Å². The van der Waals surface area contributed by atoms with Crippen LogP contribution < -0.4 is 5.32 Å². The van der Waals surface area contributed by atoms with Gasteiger partial charge >= 0.3 is 5.97 Å². The number of hydrogen-bond acceptors (Lipinski definition) is 4. The fourth-order valence-corrected chi connectivity index (χ4v) is 2.80. The number of carbonyl (C=O) groups excluding carboxylic acids is 1. The van der Waals surface area contributed by atoms with Gasteiger partial charge < -0.3 is 10.4 Å². The zero-order valence-electron chi connectivity index (χ0n) is 12.9. The van der Waals surface area contributed by atoms with Gasteiger partial charge in [-0.15, -0.1) is 11.8 Å². The molecule has 0 unspecified atom stereocenters. The Bertz CT molecular complexity index is 685. The molecule has 0 fully saturated rings. The van der Waals surface area contributed by atoms with Crippen LogP contribution in [0.5, 0.6) is 0 Å². The van der Waals surface area contributed by atoms with Gasteiger partial charge in [-0.3, -0.25) is 14.3 Å². The molecule has 2 rings (SSSR count). The first kappa shape index (κ1) is 17.1. The molecular formula is C16H19N3O3S. The number of nitrogens with one attached hydrogen (secondary N) is 1. The van der Waals surface area contributed by atoms with E-state index < -0.39 is 5.97 Å². The molecule has 1 aromatic carbocycles. The van der Waals surface area contributed by atoms with Gasteiger partial charge in [0.2, 0.25) is 5.91 Å². The van der Waals surface area contributed by atoms with Crippen molar-refractivity contribution in [2.24, 2.45) is 7.05 Å². The second kappa shape index (κ2) is 8.38. The molecule has 0 spiro atoms. The summed E-state index contributed by atoms with van der Waals surface area (Å²) in [7, 11) is 1.85. The number of nitrogens with zero attached hydrogens (tertiary/aromatic N) is 2. The number of aliphatic carboxylic acids is 1. The summed E-state index contributed by atoms with van der Waals surface area (Å²) in [5, 5.41) is 15.6. The SMILES string of the molecule is Cn1nccc1CCC(=O)Nc1cccc(CSCC(=O)O)c1. The molecule has 1 amide bonds. The summed E-state index contributed by atoms with van der Waals surface area (Å²) in [6, 6.07) is 9.37. The standard InChI is InChI=1S/C16H19N3O3S/c1-19-14(7-8-17-19)5-6-15(20)18-13-4-2-3-12(9-13)10-23-11-16(21)22/h2-4,7-9H,5-6,10-11H2,1H3,(H,18,20)(H,21,22). The Kier molecular flexibility index (Phi) is 6.22. The molecule has 2 N–H and O–H groups in total. The summed E-state index contributed by atoms with van der Waals surface area (Å²) in [6.45, 7) is 0. The summed E-state index contributed by atoms with van der Waals surface area (Å²) >= 11 is 1.33. The topological polar surface area (TPSA) is 84.2 Å². The lowest BCUT2D eigenvalue weighted by Crippen LogP contribution is -2.13. The van der Waals surface area contributed by atoms with Crippen LogP contribution in [0.15, 0.2) is 36.5 Å². The first-order valence-corrected chi connectivity index (χ1v) is 8.35. The minimum Gasteiger partial charge on any atom is -0.481 e. The zero-order valence-corrected chi connectivity index (χ0v) is 13.7. The summed E-state index contributed by atoms with van der Waals surface area (Å²) in [4.78, 5) is 22.5. The van der Waals surface area contributed by atoms with E-state index in [1.807, 2.05) is 37.4 Å². The van der Waals surface area contributed by atoms with Gasteiger partial charge in [-0.05, 0) is 30.2 Å². The van der Waals surface area contributed by atoms with Crippen molar-refractivity contribution in [2.75, 3.05) is 11.1 Å². The highest BCUT2D eigenvalue weighted by molar-refractivity contribution is 7.99. The van der Waals surface area contributed by atoms with Crippen LogP contribution in [0.25, 0.3) is 0 Å². The lowest BCUT2D eigenvalue weighted by Gasteiger charge is -2.07. The van der Waals surface area contributed by atoms with Crippen LogP contribution in [0, 0.1) is 0 Å². The minimum atomic E-state index is -0.824. The first-order valence-electron chi connectivity index (χ1n) is 7.20. The van der Waals surface area contributed by atoms with E-state index in [-0.39, 0.29) is 11.7 Å². The molecule has 0 aliphatic rings. The number of carboxylic acid groups (broad SMARTS) is 1. The fourth-order valence-electron chi connectivity index (χ4n) is 2.11. The Hall–Kier alpha value is -2.28. The minimum absolute atomic E-state index is 0.0541. The smallest absolute Gasteiger partial charge is 0.313 e. The highest BCUT2D eigenvalue weighted by Gasteiger charge is 2.06. The van der Waals surface area contributed by atoms with E-state index in [1.54, 1.807) is 10.9 Å². The van der Waals surface area contributed by atoms with Crippen LogP contribution >= 0.6 is 11.8 Å². The van der Waals surface area contributed by atoms with Crippen LogP contribution in [-0.2, 0) is 28.8 Å². The largest absolute Gasteiger partial charge is 0.481 e. The normalized spacial score (nSPS) is 10.5. The highest BCUT2D eigenvalue weighted by atomic mass is 32.2. The number of aromatic nitrogens is 2. The highest BCUT2D eigenvalue weighted by Crippen LogP contribution is 2.17. The first-order chi connectivity index (χ1) is 11.0. The Labute approximate surface area is 138 Å². The molecule has 6 nitrogen and oxygen atoms in total. The molecule has 2 aromatic rings. The van der Waals surface area contributed by atoms with Crippen LogP contribution in [-0.4, -0.2) is 32.5 Å². The maximum atomic E-state index is 12.0. The third kappa shape index (κ3) is 5.78. The summed E-state index contributed by atoms with van der Waals surface area (Å²) in [6.07, 6.45) is 2.74. The predicted molar refractivity (Wildman–Crippen MR) is 90.4 cm³/mol. The average Bonchev–Trinajstić information content (AvgIpc) is 2.90. The van der Waals surface area contributed by atoms with E-state index in [4.69, 9.17) is 5.11 Å². The molecule has 0 saturated heterocycles. The molecule has 0 aliphatic heterocycles. The van der Waals surface area contributed by atoms with Crippen molar-refractivity contribution in [1.29, 1.82) is 0 Å². The number of hydrogen-bond donors (Lipinski definition) is 2. The molecule has 122 valence electrons. The van der Waals surface area contributed by atoms with Crippen molar-refractivity contribution in [3.8, 4) is 0 Å². The number of benzene rings is 1. The molecule has 0 aliphatic carbocycles. The van der Waals surface area contributed by atoms with Crippen LogP contribution in [0.4, 0.5) is 5.69 Å². The van der Waals surface area contributed by atoms with Crippen molar-refractivity contribution in [3.05, 3.63) is 47.8 Å². The summed E-state index contributed by atoms with van der Waals surface area (Å²) in [5.41, 5.74) is 2.73. The second-order valence-electron chi connectivity index (χ2n) is 5.08. The van der Waals surface area contributed by atoms with E-state index >= 15 is 0 Å². The van der Waals surface area contributed by atoms with E-state index in [1.165, 1.54) is 11.8 Å². The summed E-state index contributed by atoms with van der Waals surface area (Å²) in [5.74, 6) is -0.206. The molecule has 23 heavy (non-hydrogen) atoms. The number of amides is 1. The monoisotopic (exact) mass is 333 g/mol. The maximum Gasteiger partial charge on any atom is 0.313 e. The number of carboxylic acids is 1. The molecule has 0 bridgehead atoms.